The molecule has 0 spiro atoms. The molecule has 0 radical (unpaired) electrons. The Hall–Kier alpha value is -1.63. The first-order valence-corrected chi connectivity index (χ1v) is 5.87. The second-order valence-corrected chi connectivity index (χ2v) is 4.13. The van der Waals surface area contributed by atoms with Crippen LogP contribution in [0.25, 0.3) is 5.95 Å². The molecule has 0 unspecified atom stereocenters. The zero-order valence-corrected chi connectivity index (χ0v) is 9.90. The number of anilines is 1. The van der Waals surface area contributed by atoms with Crippen LogP contribution in [0.4, 0.5) is 5.95 Å². The van der Waals surface area contributed by atoms with E-state index < -0.39 is 0 Å². The van der Waals surface area contributed by atoms with Crippen molar-refractivity contribution in [2.45, 2.75) is 12.1 Å². The second kappa shape index (κ2) is 4.93. The van der Waals surface area contributed by atoms with Gasteiger partial charge in [0.25, 0.3) is 0 Å². The topological polar surface area (TPSA) is 68.5 Å². The molecule has 0 atom stereocenters. The van der Waals surface area contributed by atoms with Gasteiger partial charge in [0.05, 0.1) is 0 Å². The highest BCUT2D eigenvalue weighted by Crippen LogP contribution is 2.15. The zero-order valence-electron chi connectivity index (χ0n) is 9.08. The van der Waals surface area contributed by atoms with Crippen LogP contribution in [0.3, 0.4) is 0 Å². The average Bonchev–Trinajstić information content (AvgIpc) is 2.82. The molecule has 2 heterocycles. The highest BCUT2D eigenvalue weighted by atomic mass is 32.2. The Bertz CT molecular complexity index is 455. The van der Waals surface area contributed by atoms with Gasteiger partial charge in [0.15, 0.2) is 5.16 Å². The van der Waals surface area contributed by atoms with Crippen molar-refractivity contribution in [1.29, 1.82) is 0 Å². The quantitative estimate of drug-likeness (QED) is 0.805. The van der Waals surface area contributed by atoms with E-state index in [-0.39, 0.29) is 0 Å². The van der Waals surface area contributed by atoms with Crippen molar-refractivity contribution in [3.8, 4) is 5.95 Å². The van der Waals surface area contributed by atoms with Crippen molar-refractivity contribution in [2.24, 2.45) is 0 Å². The molecule has 7 heteroatoms. The van der Waals surface area contributed by atoms with Crippen LogP contribution in [0.2, 0.25) is 0 Å². The number of nitrogens with zero attached hydrogens (tertiary/aromatic N) is 5. The van der Waals surface area contributed by atoms with Crippen LogP contribution in [0.15, 0.2) is 23.9 Å². The Morgan fingerprint density at radius 3 is 2.88 bits per heavy atom. The van der Waals surface area contributed by atoms with Gasteiger partial charge in [-0.2, -0.15) is 15.0 Å². The predicted molar refractivity (Wildman–Crippen MR) is 62.9 cm³/mol. The van der Waals surface area contributed by atoms with E-state index in [1.165, 1.54) is 0 Å². The number of hydrogen-bond donors (Lipinski definition) is 1. The van der Waals surface area contributed by atoms with E-state index in [1.807, 2.05) is 0 Å². The van der Waals surface area contributed by atoms with Crippen LogP contribution in [0, 0.1) is 0 Å². The molecule has 0 saturated heterocycles. The molecule has 84 valence electrons. The summed E-state index contributed by atoms with van der Waals surface area (Å²) in [7, 11) is 1.79. The predicted octanol–water partition coefficient (Wildman–Crippen LogP) is 1.21. The molecule has 1 N–H and O–H groups in total. The van der Waals surface area contributed by atoms with Crippen LogP contribution in [-0.2, 0) is 0 Å². The van der Waals surface area contributed by atoms with Gasteiger partial charge in [-0.3, -0.25) is 4.57 Å². The van der Waals surface area contributed by atoms with Gasteiger partial charge in [0.2, 0.25) is 11.9 Å². The van der Waals surface area contributed by atoms with Gasteiger partial charge in [-0.1, -0.05) is 18.7 Å². The highest BCUT2D eigenvalue weighted by Gasteiger charge is 2.06. The van der Waals surface area contributed by atoms with E-state index in [0.717, 1.165) is 5.75 Å². The Morgan fingerprint density at radius 2 is 2.25 bits per heavy atom. The molecule has 0 saturated carbocycles. The van der Waals surface area contributed by atoms with Gasteiger partial charge in [-0.25, -0.2) is 4.98 Å². The fourth-order valence-electron chi connectivity index (χ4n) is 1.14. The van der Waals surface area contributed by atoms with Gasteiger partial charge < -0.3 is 5.32 Å². The van der Waals surface area contributed by atoms with Gasteiger partial charge in [0, 0.05) is 19.4 Å². The summed E-state index contributed by atoms with van der Waals surface area (Å²) in [5, 5.41) is 3.63. The molecule has 16 heavy (non-hydrogen) atoms. The Kier molecular flexibility index (Phi) is 3.35. The van der Waals surface area contributed by atoms with Gasteiger partial charge in [-0.05, 0) is 5.75 Å². The summed E-state index contributed by atoms with van der Waals surface area (Å²) in [5.41, 5.74) is 0. The van der Waals surface area contributed by atoms with E-state index in [0.29, 0.717) is 17.1 Å². The second-order valence-electron chi connectivity index (χ2n) is 2.89. The number of hydrogen-bond acceptors (Lipinski definition) is 6. The molecule has 0 amide bonds. The monoisotopic (exact) mass is 236 g/mol. The molecule has 2 aromatic heterocycles. The molecule has 2 aromatic rings. The first-order valence-electron chi connectivity index (χ1n) is 4.88. The van der Waals surface area contributed by atoms with Crippen molar-refractivity contribution in [1.82, 2.24) is 24.5 Å². The Morgan fingerprint density at radius 1 is 1.38 bits per heavy atom. The number of nitrogens with one attached hydrogen (secondary N) is 1. The van der Waals surface area contributed by atoms with Crippen molar-refractivity contribution in [2.75, 3.05) is 18.1 Å². The largest absolute Gasteiger partial charge is 0.357 e. The average molecular weight is 236 g/mol. The lowest BCUT2D eigenvalue weighted by atomic mass is 10.8. The molecular formula is C9H12N6S. The Balaban J connectivity index is 2.41. The number of rotatable bonds is 4. The first-order chi connectivity index (χ1) is 7.83. The number of aromatic nitrogens is 5. The lowest BCUT2D eigenvalue weighted by Gasteiger charge is -2.05. The zero-order chi connectivity index (χ0) is 11.4. The van der Waals surface area contributed by atoms with Gasteiger partial charge in [0.1, 0.15) is 6.33 Å². The van der Waals surface area contributed by atoms with Crippen LogP contribution < -0.4 is 5.32 Å². The normalized spacial score (nSPS) is 10.4. The van der Waals surface area contributed by atoms with E-state index in [1.54, 1.807) is 42.1 Å². The fourth-order valence-corrected chi connectivity index (χ4v) is 1.70. The number of thioether (sulfide) groups is 1. The fraction of sp³-hybridized carbons (Fsp3) is 0.333. The molecule has 6 nitrogen and oxygen atoms in total. The van der Waals surface area contributed by atoms with Crippen molar-refractivity contribution < 1.29 is 0 Å². The van der Waals surface area contributed by atoms with Crippen LogP contribution in [0.5, 0.6) is 0 Å². The third-order valence-corrected chi connectivity index (χ3v) is 2.56. The first kappa shape index (κ1) is 10.9. The molecule has 0 bridgehead atoms. The van der Waals surface area contributed by atoms with Crippen LogP contribution >= 0.6 is 11.8 Å². The van der Waals surface area contributed by atoms with Crippen molar-refractivity contribution in [3.05, 3.63) is 18.7 Å². The molecule has 0 aliphatic rings. The molecule has 0 fully saturated rings. The minimum atomic E-state index is 0.564. The van der Waals surface area contributed by atoms with E-state index in [9.17, 15) is 0 Å². The Labute approximate surface area is 97.6 Å². The van der Waals surface area contributed by atoms with E-state index in [2.05, 4.69) is 32.2 Å². The van der Waals surface area contributed by atoms with Crippen LogP contribution in [-0.4, -0.2) is 37.3 Å². The maximum Gasteiger partial charge on any atom is 0.240 e. The standard InChI is InChI=1S/C9H12N6S/c1-3-16-9-13-7(10-2)12-8(14-9)15-5-4-11-6-15/h4-6H,3H2,1-2H3,(H,10,12,13,14). The lowest BCUT2D eigenvalue weighted by molar-refractivity contribution is 0.828. The maximum absolute atomic E-state index is 4.34. The van der Waals surface area contributed by atoms with Gasteiger partial charge in [-0.15, -0.1) is 0 Å². The summed E-state index contributed by atoms with van der Waals surface area (Å²) in [6, 6.07) is 0. The molecule has 0 aromatic carbocycles. The summed E-state index contributed by atoms with van der Waals surface area (Å²) >= 11 is 1.58. The third kappa shape index (κ3) is 2.30. The minimum absolute atomic E-state index is 0.564. The summed E-state index contributed by atoms with van der Waals surface area (Å²) in [6.07, 6.45) is 5.15. The lowest BCUT2D eigenvalue weighted by Crippen LogP contribution is -2.06. The molecular weight excluding hydrogens is 224 g/mol. The smallest absolute Gasteiger partial charge is 0.240 e. The maximum atomic E-state index is 4.34. The van der Waals surface area contributed by atoms with E-state index >= 15 is 0 Å². The third-order valence-electron chi connectivity index (χ3n) is 1.84. The highest BCUT2D eigenvalue weighted by molar-refractivity contribution is 7.99. The van der Waals surface area contributed by atoms with Crippen molar-refractivity contribution >= 4 is 17.7 Å². The summed E-state index contributed by atoms with van der Waals surface area (Å²) in [6.45, 7) is 2.06. The van der Waals surface area contributed by atoms with Crippen LogP contribution in [0.1, 0.15) is 6.92 Å². The minimum Gasteiger partial charge on any atom is -0.357 e. The SMILES string of the molecule is CCSc1nc(NC)nc(-n2ccnc2)n1. The molecule has 0 aliphatic heterocycles. The van der Waals surface area contributed by atoms with E-state index in [4.69, 9.17) is 0 Å². The number of imidazole rings is 1. The molecule has 0 aliphatic carbocycles. The van der Waals surface area contributed by atoms with Gasteiger partial charge >= 0.3 is 0 Å². The summed E-state index contributed by atoms with van der Waals surface area (Å²) in [4.78, 5) is 16.8. The summed E-state index contributed by atoms with van der Waals surface area (Å²) < 4.78 is 1.75. The summed E-state index contributed by atoms with van der Waals surface area (Å²) in [5.74, 6) is 2.07. The van der Waals surface area contributed by atoms with Crippen molar-refractivity contribution in [3.63, 3.8) is 0 Å². The molecule has 2 rings (SSSR count).